The van der Waals surface area contributed by atoms with E-state index in [1.165, 1.54) is 0 Å². The molecule has 3 amide bonds. The van der Waals surface area contributed by atoms with Gasteiger partial charge in [0.05, 0.1) is 23.9 Å². The first-order chi connectivity index (χ1) is 21.8. The fourth-order valence-electron chi connectivity index (χ4n) is 5.34. The smallest absolute Gasteiger partial charge is 0.323 e. The van der Waals surface area contributed by atoms with Gasteiger partial charge in [0.2, 0.25) is 0 Å². The standard InChI is InChI=1S/C36H40N4O5/c1-25-21-40(26(2)24-41)35(42)31-15-10-16-32(38-36(43)37-28-11-6-4-7-12-28)34(31)45-33(25)23-39(3)22-27-17-19-30(20-18-27)44-29-13-8-5-9-14-29/h4-20,25-26,33,41H,21-24H2,1-3H3,(H2,37,38,43)/t25-,26-,33-/m0/s1. The van der Waals surface area contributed by atoms with Gasteiger partial charge in [-0.2, -0.15) is 0 Å². The fourth-order valence-corrected chi connectivity index (χ4v) is 5.34. The summed E-state index contributed by atoms with van der Waals surface area (Å²) in [6, 6.07) is 31.1. The summed E-state index contributed by atoms with van der Waals surface area (Å²) in [5.41, 5.74) is 2.48. The van der Waals surface area contributed by atoms with Crippen LogP contribution in [0, 0.1) is 5.92 Å². The van der Waals surface area contributed by atoms with Crippen molar-refractivity contribution in [2.24, 2.45) is 5.92 Å². The minimum atomic E-state index is -0.449. The van der Waals surface area contributed by atoms with Gasteiger partial charge in [-0.1, -0.05) is 61.5 Å². The molecule has 3 atom stereocenters. The van der Waals surface area contributed by atoms with E-state index in [0.717, 1.165) is 17.1 Å². The predicted octanol–water partition coefficient (Wildman–Crippen LogP) is 6.48. The lowest BCUT2D eigenvalue weighted by Crippen LogP contribution is -2.49. The van der Waals surface area contributed by atoms with E-state index in [9.17, 15) is 14.7 Å². The van der Waals surface area contributed by atoms with Crippen molar-refractivity contribution < 1.29 is 24.2 Å². The monoisotopic (exact) mass is 608 g/mol. The van der Waals surface area contributed by atoms with Crippen LogP contribution in [0.2, 0.25) is 0 Å². The lowest BCUT2D eigenvalue weighted by molar-refractivity contribution is 0.0343. The number of urea groups is 1. The Bertz CT molecular complexity index is 1570. The molecular formula is C36H40N4O5. The first-order valence-electron chi connectivity index (χ1n) is 15.2. The Morgan fingerprint density at radius 3 is 2.31 bits per heavy atom. The van der Waals surface area contributed by atoms with Crippen molar-refractivity contribution in [2.75, 3.05) is 37.4 Å². The van der Waals surface area contributed by atoms with E-state index in [-0.39, 0.29) is 30.6 Å². The molecular weight excluding hydrogens is 568 g/mol. The first-order valence-corrected chi connectivity index (χ1v) is 15.2. The number of para-hydroxylation sites is 3. The average Bonchev–Trinajstić information content (AvgIpc) is 3.04. The second-order valence-electron chi connectivity index (χ2n) is 11.5. The van der Waals surface area contributed by atoms with Crippen molar-refractivity contribution in [2.45, 2.75) is 32.5 Å². The van der Waals surface area contributed by atoms with Crippen LogP contribution in [-0.2, 0) is 6.54 Å². The van der Waals surface area contributed by atoms with Crippen molar-refractivity contribution in [3.8, 4) is 17.2 Å². The molecule has 1 aliphatic rings. The second kappa shape index (κ2) is 14.7. The molecule has 1 aliphatic heterocycles. The highest BCUT2D eigenvalue weighted by molar-refractivity contribution is 6.04. The number of benzene rings is 4. The summed E-state index contributed by atoms with van der Waals surface area (Å²) in [6.07, 6.45) is -0.323. The van der Waals surface area contributed by atoms with Gasteiger partial charge in [0.25, 0.3) is 5.91 Å². The predicted molar refractivity (Wildman–Crippen MR) is 176 cm³/mol. The number of fused-ring (bicyclic) bond motifs is 1. The summed E-state index contributed by atoms with van der Waals surface area (Å²) in [6.45, 7) is 5.34. The number of amides is 3. The number of aliphatic hydroxyl groups is 1. The van der Waals surface area contributed by atoms with Gasteiger partial charge in [-0.05, 0) is 68.1 Å². The van der Waals surface area contributed by atoms with Gasteiger partial charge in [-0.25, -0.2) is 4.79 Å². The van der Waals surface area contributed by atoms with E-state index in [1.54, 1.807) is 35.2 Å². The molecule has 4 aromatic rings. The number of ether oxygens (including phenoxy) is 2. The molecule has 0 saturated heterocycles. The molecule has 9 nitrogen and oxygen atoms in total. The van der Waals surface area contributed by atoms with E-state index in [4.69, 9.17) is 9.47 Å². The lowest BCUT2D eigenvalue weighted by atomic mass is 9.99. The molecule has 0 saturated carbocycles. The van der Waals surface area contributed by atoms with Crippen molar-refractivity contribution in [3.05, 3.63) is 114 Å². The number of likely N-dealkylation sites (N-methyl/N-ethyl adjacent to an activating group) is 1. The zero-order chi connectivity index (χ0) is 31.8. The maximum atomic E-state index is 13.8. The van der Waals surface area contributed by atoms with Gasteiger partial charge < -0.3 is 30.1 Å². The third-order valence-corrected chi connectivity index (χ3v) is 7.82. The SMILES string of the molecule is C[C@H]1CN([C@@H](C)CO)C(=O)c2cccc(NC(=O)Nc3ccccc3)c2O[C@H]1CN(C)Cc1ccc(Oc2ccccc2)cc1. The molecule has 9 heteroatoms. The third kappa shape index (κ3) is 8.20. The van der Waals surface area contributed by atoms with E-state index >= 15 is 0 Å². The highest BCUT2D eigenvalue weighted by atomic mass is 16.5. The summed E-state index contributed by atoms with van der Waals surface area (Å²) in [7, 11) is 2.03. The van der Waals surface area contributed by atoms with Crippen molar-refractivity contribution in [3.63, 3.8) is 0 Å². The maximum absolute atomic E-state index is 13.8. The zero-order valence-electron chi connectivity index (χ0n) is 25.9. The minimum absolute atomic E-state index is 0.0774. The van der Waals surface area contributed by atoms with Crippen molar-refractivity contribution in [1.82, 2.24) is 9.80 Å². The molecule has 45 heavy (non-hydrogen) atoms. The molecule has 0 radical (unpaired) electrons. The number of nitrogens with zero attached hydrogens (tertiary/aromatic N) is 2. The quantitative estimate of drug-likeness (QED) is 0.191. The topological polar surface area (TPSA) is 103 Å². The summed E-state index contributed by atoms with van der Waals surface area (Å²) < 4.78 is 12.6. The molecule has 4 aromatic carbocycles. The van der Waals surface area contributed by atoms with Crippen LogP contribution in [-0.4, -0.2) is 65.7 Å². The number of carbonyl (C=O) groups is 2. The summed E-state index contributed by atoms with van der Waals surface area (Å²) >= 11 is 0. The van der Waals surface area contributed by atoms with E-state index < -0.39 is 6.03 Å². The highest BCUT2D eigenvalue weighted by Gasteiger charge is 2.34. The first kappa shape index (κ1) is 31.6. The molecule has 0 unspecified atom stereocenters. The Morgan fingerprint density at radius 1 is 0.956 bits per heavy atom. The fraction of sp³-hybridized carbons (Fsp3) is 0.278. The van der Waals surface area contributed by atoms with Crippen LogP contribution in [0.25, 0.3) is 0 Å². The molecule has 0 fully saturated rings. The number of aliphatic hydroxyl groups excluding tert-OH is 1. The Labute approximate surface area is 264 Å². The second-order valence-corrected chi connectivity index (χ2v) is 11.5. The van der Waals surface area contributed by atoms with Gasteiger partial charge in [-0.15, -0.1) is 0 Å². The van der Waals surface area contributed by atoms with Crippen LogP contribution in [0.1, 0.15) is 29.8 Å². The minimum Gasteiger partial charge on any atom is -0.486 e. The molecule has 0 aromatic heterocycles. The highest BCUT2D eigenvalue weighted by Crippen LogP contribution is 2.35. The summed E-state index contributed by atoms with van der Waals surface area (Å²) in [5.74, 6) is 1.53. The number of nitrogens with one attached hydrogen (secondary N) is 2. The number of hydrogen-bond donors (Lipinski definition) is 3. The lowest BCUT2D eigenvalue weighted by Gasteiger charge is -2.38. The van der Waals surface area contributed by atoms with E-state index in [2.05, 4.69) is 15.5 Å². The van der Waals surface area contributed by atoms with Gasteiger partial charge in [0, 0.05) is 31.2 Å². The van der Waals surface area contributed by atoms with E-state index in [0.29, 0.717) is 42.3 Å². The van der Waals surface area contributed by atoms with Gasteiger partial charge >= 0.3 is 6.03 Å². The number of carbonyl (C=O) groups excluding carboxylic acids is 2. The van der Waals surface area contributed by atoms with Crippen molar-refractivity contribution in [1.29, 1.82) is 0 Å². The van der Waals surface area contributed by atoms with Crippen LogP contribution < -0.4 is 20.1 Å². The Balaban J connectivity index is 1.34. The molecule has 0 spiro atoms. The molecule has 234 valence electrons. The average molecular weight is 609 g/mol. The number of rotatable bonds is 10. The van der Waals surface area contributed by atoms with Crippen LogP contribution >= 0.6 is 0 Å². The molecule has 0 aliphatic carbocycles. The molecule has 5 rings (SSSR count). The third-order valence-electron chi connectivity index (χ3n) is 7.82. The molecule has 0 bridgehead atoms. The van der Waals surface area contributed by atoms with Gasteiger partial charge in [0.15, 0.2) is 5.75 Å². The zero-order valence-corrected chi connectivity index (χ0v) is 25.9. The summed E-state index contributed by atoms with van der Waals surface area (Å²) in [4.78, 5) is 30.6. The Morgan fingerprint density at radius 2 is 1.62 bits per heavy atom. The number of anilines is 2. The van der Waals surface area contributed by atoms with Crippen molar-refractivity contribution >= 4 is 23.3 Å². The maximum Gasteiger partial charge on any atom is 0.323 e. The normalized spacial score (nSPS) is 17.0. The van der Waals surface area contributed by atoms with Crippen LogP contribution in [0.15, 0.2) is 103 Å². The van der Waals surface area contributed by atoms with Crippen LogP contribution in [0.4, 0.5) is 16.2 Å². The Kier molecular flexibility index (Phi) is 10.3. The summed E-state index contributed by atoms with van der Waals surface area (Å²) in [5, 5.41) is 15.7. The molecule has 1 heterocycles. The van der Waals surface area contributed by atoms with Gasteiger partial charge in [-0.3, -0.25) is 9.69 Å². The van der Waals surface area contributed by atoms with E-state index in [1.807, 2.05) is 93.7 Å². The Hall–Kier alpha value is -4.86. The van der Waals surface area contributed by atoms with Gasteiger partial charge in [0.1, 0.15) is 17.6 Å². The van der Waals surface area contributed by atoms with Crippen LogP contribution in [0.5, 0.6) is 17.2 Å². The largest absolute Gasteiger partial charge is 0.486 e. The van der Waals surface area contributed by atoms with Crippen LogP contribution in [0.3, 0.4) is 0 Å². The number of hydrogen-bond acceptors (Lipinski definition) is 6. The molecule has 3 N–H and O–H groups in total.